The molecule has 1 saturated heterocycles. The highest BCUT2D eigenvalue weighted by atomic mass is 16.6. The zero-order valence-electron chi connectivity index (χ0n) is 15.3. The Morgan fingerprint density at radius 1 is 1.16 bits per heavy atom. The van der Waals surface area contributed by atoms with E-state index in [1.54, 1.807) is 6.92 Å². The number of rotatable bonds is 7. The zero-order valence-corrected chi connectivity index (χ0v) is 15.3. The summed E-state index contributed by atoms with van der Waals surface area (Å²) in [5.41, 5.74) is 2.16. The van der Waals surface area contributed by atoms with Gasteiger partial charge in [-0.1, -0.05) is 57.2 Å². The molecule has 3 unspecified atom stereocenters. The number of ether oxygens (including phenoxy) is 1. The van der Waals surface area contributed by atoms with Crippen molar-refractivity contribution in [2.75, 3.05) is 0 Å². The molecule has 3 atom stereocenters. The van der Waals surface area contributed by atoms with Crippen LogP contribution in [0.25, 0.3) is 5.57 Å². The van der Waals surface area contributed by atoms with Gasteiger partial charge in [-0.15, -0.1) is 0 Å². The quantitative estimate of drug-likeness (QED) is 0.558. The van der Waals surface area contributed by atoms with Gasteiger partial charge in [0.2, 0.25) is 0 Å². The number of esters is 1. The van der Waals surface area contributed by atoms with Crippen LogP contribution in [0, 0.1) is 17.8 Å². The van der Waals surface area contributed by atoms with Crippen LogP contribution in [0.3, 0.4) is 0 Å². The number of carbonyl (C=O) groups is 3. The van der Waals surface area contributed by atoms with Crippen molar-refractivity contribution in [3.63, 3.8) is 0 Å². The fraction of sp³-hybridized carbons (Fsp3) is 0.476. The van der Waals surface area contributed by atoms with Crippen molar-refractivity contribution in [1.82, 2.24) is 0 Å². The number of ketones is 2. The molecule has 0 saturated carbocycles. The minimum absolute atomic E-state index is 0.226. The van der Waals surface area contributed by atoms with Crippen molar-refractivity contribution in [2.24, 2.45) is 17.8 Å². The molecule has 1 heterocycles. The molecular weight excluding hydrogens is 316 g/mol. The smallest absolute Gasteiger partial charge is 0.325 e. The van der Waals surface area contributed by atoms with E-state index in [1.807, 2.05) is 57.2 Å². The largest absolute Gasteiger partial charge is 0.453 e. The van der Waals surface area contributed by atoms with Crippen LogP contribution in [0.15, 0.2) is 36.4 Å². The normalized spacial score (nSPS) is 22.2. The van der Waals surface area contributed by atoms with E-state index in [1.165, 1.54) is 0 Å². The lowest BCUT2D eigenvalue weighted by Gasteiger charge is -2.12. The molecule has 2 rings (SSSR count). The van der Waals surface area contributed by atoms with E-state index in [2.05, 4.69) is 0 Å². The van der Waals surface area contributed by atoms with Crippen LogP contribution in [-0.4, -0.2) is 23.6 Å². The second kappa shape index (κ2) is 8.24. The van der Waals surface area contributed by atoms with Gasteiger partial charge < -0.3 is 4.74 Å². The topological polar surface area (TPSA) is 60.4 Å². The predicted octanol–water partition coefficient (Wildman–Crippen LogP) is 3.84. The summed E-state index contributed by atoms with van der Waals surface area (Å²) < 4.78 is 5.14. The van der Waals surface area contributed by atoms with E-state index in [-0.39, 0.29) is 17.5 Å². The molecule has 1 aromatic carbocycles. The zero-order chi connectivity index (χ0) is 18.6. The molecule has 25 heavy (non-hydrogen) atoms. The van der Waals surface area contributed by atoms with Crippen molar-refractivity contribution >= 4 is 23.1 Å². The molecule has 0 bridgehead atoms. The Morgan fingerprint density at radius 3 is 2.40 bits per heavy atom. The molecule has 0 N–H and O–H groups in total. The molecule has 1 aromatic rings. The summed E-state index contributed by atoms with van der Waals surface area (Å²) in [5, 5.41) is 0. The van der Waals surface area contributed by atoms with E-state index in [0.29, 0.717) is 12.8 Å². The predicted molar refractivity (Wildman–Crippen MR) is 96.7 cm³/mol. The second-order valence-corrected chi connectivity index (χ2v) is 7.18. The van der Waals surface area contributed by atoms with Crippen molar-refractivity contribution in [2.45, 2.75) is 46.6 Å². The Hall–Kier alpha value is -2.23. The third kappa shape index (κ3) is 4.65. The molecule has 4 heteroatoms. The number of hydrogen-bond acceptors (Lipinski definition) is 4. The van der Waals surface area contributed by atoms with Crippen molar-refractivity contribution in [1.29, 1.82) is 0 Å². The van der Waals surface area contributed by atoms with E-state index in [4.69, 9.17) is 4.74 Å². The minimum Gasteiger partial charge on any atom is -0.453 e. The Kier molecular flexibility index (Phi) is 6.29. The number of benzene rings is 1. The van der Waals surface area contributed by atoms with Gasteiger partial charge >= 0.3 is 5.97 Å². The van der Waals surface area contributed by atoms with Gasteiger partial charge in [0.05, 0.1) is 0 Å². The first-order valence-electron chi connectivity index (χ1n) is 8.81. The highest BCUT2D eigenvalue weighted by Gasteiger charge is 2.48. The van der Waals surface area contributed by atoms with Crippen LogP contribution in [0.1, 0.15) is 46.1 Å². The molecule has 0 spiro atoms. The molecule has 1 aliphatic rings. The number of Topliss-reactive ketones (excluding diaryl/α,β-unsaturated/α-hetero) is 2. The maximum atomic E-state index is 12.6. The van der Waals surface area contributed by atoms with Gasteiger partial charge in [-0.05, 0) is 36.8 Å². The van der Waals surface area contributed by atoms with Crippen molar-refractivity contribution < 1.29 is 19.1 Å². The number of carbonyl (C=O) groups excluding carboxylic acids is 3. The molecule has 4 nitrogen and oxygen atoms in total. The highest BCUT2D eigenvalue weighted by molar-refractivity contribution is 6.22. The molecular formula is C21H26O4. The highest BCUT2D eigenvalue weighted by Crippen LogP contribution is 2.27. The molecule has 0 amide bonds. The summed E-state index contributed by atoms with van der Waals surface area (Å²) in [6.07, 6.45) is 2.17. The maximum absolute atomic E-state index is 12.6. The van der Waals surface area contributed by atoms with Crippen LogP contribution in [0.4, 0.5) is 0 Å². The first-order chi connectivity index (χ1) is 11.8. The minimum atomic E-state index is -1.25. The third-order valence-electron chi connectivity index (χ3n) is 4.56. The fourth-order valence-corrected chi connectivity index (χ4v) is 2.99. The lowest BCUT2D eigenvalue weighted by Crippen LogP contribution is -2.32. The number of hydrogen-bond donors (Lipinski definition) is 0. The van der Waals surface area contributed by atoms with Crippen LogP contribution < -0.4 is 0 Å². The molecule has 1 aliphatic heterocycles. The van der Waals surface area contributed by atoms with E-state index >= 15 is 0 Å². The molecule has 0 aromatic heterocycles. The Balaban J connectivity index is 2.02. The third-order valence-corrected chi connectivity index (χ3v) is 4.56. The van der Waals surface area contributed by atoms with Gasteiger partial charge in [-0.25, -0.2) is 0 Å². The van der Waals surface area contributed by atoms with Crippen LogP contribution >= 0.6 is 0 Å². The Morgan fingerprint density at radius 2 is 1.80 bits per heavy atom. The van der Waals surface area contributed by atoms with Gasteiger partial charge in [0.15, 0.2) is 23.6 Å². The number of allylic oxidation sites excluding steroid dienone is 2. The van der Waals surface area contributed by atoms with Crippen molar-refractivity contribution in [3.8, 4) is 0 Å². The molecule has 1 fully saturated rings. The molecule has 134 valence electrons. The van der Waals surface area contributed by atoms with Crippen LogP contribution in [-0.2, 0) is 19.1 Å². The van der Waals surface area contributed by atoms with Crippen LogP contribution in [0.5, 0.6) is 0 Å². The standard InChI is InChI=1S/C21H26O4/c1-13(2)12-17-20(23)18(21(24)25-17)19(22)15(4)11-10-14(3)16-8-6-5-7-9-16/h5-10,13,15,17-18H,11-12H2,1-4H3/b14-10-. The summed E-state index contributed by atoms with van der Waals surface area (Å²) >= 11 is 0. The van der Waals surface area contributed by atoms with Crippen LogP contribution in [0.2, 0.25) is 0 Å². The summed E-state index contributed by atoms with van der Waals surface area (Å²) in [6.45, 7) is 7.65. The van der Waals surface area contributed by atoms with Gasteiger partial charge in [-0.3, -0.25) is 14.4 Å². The first-order valence-corrected chi connectivity index (χ1v) is 8.81. The average Bonchev–Trinajstić information content (AvgIpc) is 2.85. The monoisotopic (exact) mass is 342 g/mol. The Labute approximate surface area is 149 Å². The summed E-state index contributed by atoms with van der Waals surface area (Å²) in [6, 6.07) is 9.89. The molecule has 0 radical (unpaired) electrons. The summed E-state index contributed by atoms with van der Waals surface area (Å²) in [5.74, 6) is -2.82. The average molecular weight is 342 g/mol. The fourth-order valence-electron chi connectivity index (χ4n) is 2.99. The SMILES string of the molecule is C/C(=C/CC(C)C(=O)C1C(=O)OC(CC(C)C)C1=O)c1ccccc1. The lowest BCUT2D eigenvalue weighted by molar-refractivity contribution is -0.147. The van der Waals surface area contributed by atoms with Gasteiger partial charge in [0.25, 0.3) is 0 Å². The van der Waals surface area contributed by atoms with Gasteiger partial charge in [-0.2, -0.15) is 0 Å². The maximum Gasteiger partial charge on any atom is 0.325 e. The van der Waals surface area contributed by atoms with Crippen molar-refractivity contribution in [3.05, 3.63) is 42.0 Å². The molecule has 0 aliphatic carbocycles. The summed E-state index contributed by atoms with van der Waals surface area (Å²) in [4.78, 5) is 37.0. The second-order valence-electron chi connectivity index (χ2n) is 7.18. The van der Waals surface area contributed by atoms with Gasteiger partial charge in [0, 0.05) is 5.92 Å². The Bertz CT molecular complexity index is 672. The van der Waals surface area contributed by atoms with E-state index in [9.17, 15) is 14.4 Å². The van der Waals surface area contributed by atoms with E-state index < -0.39 is 23.9 Å². The first kappa shape index (κ1) is 19.1. The number of cyclic esters (lactones) is 1. The summed E-state index contributed by atoms with van der Waals surface area (Å²) in [7, 11) is 0. The lowest BCUT2D eigenvalue weighted by atomic mass is 9.87. The van der Waals surface area contributed by atoms with E-state index in [0.717, 1.165) is 11.1 Å². The van der Waals surface area contributed by atoms with Gasteiger partial charge in [0.1, 0.15) is 0 Å².